The Balaban J connectivity index is 0.960. The second kappa shape index (κ2) is 19.6. The normalized spacial score (nSPS) is 11.5. The highest BCUT2D eigenvalue weighted by Crippen LogP contribution is 2.45. The van der Waals surface area contributed by atoms with Gasteiger partial charge in [0.05, 0.1) is 44.8 Å². The maximum absolute atomic E-state index is 5.04. The first kappa shape index (κ1) is 46.5. The van der Waals surface area contributed by atoms with Crippen molar-refractivity contribution in [3.8, 4) is 101 Å². The van der Waals surface area contributed by atoms with Crippen molar-refractivity contribution >= 4 is 43.6 Å². The van der Waals surface area contributed by atoms with Crippen LogP contribution in [0.15, 0.2) is 292 Å². The molecule has 0 aliphatic carbocycles. The van der Waals surface area contributed by atoms with Crippen molar-refractivity contribution in [2.45, 2.75) is 0 Å². The van der Waals surface area contributed by atoms with E-state index in [9.17, 15) is 0 Å². The van der Waals surface area contributed by atoms with E-state index in [1.54, 1.807) is 0 Å². The van der Waals surface area contributed by atoms with Crippen LogP contribution >= 0.6 is 0 Å². The van der Waals surface area contributed by atoms with E-state index in [2.05, 4.69) is 276 Å². The van der Waals surface area contributed by atoms with E-state index in [1.807, 2.05) is 24.8 Å². The minimum atomic E-state index is 0.880. The fourth-order valence-electron chi connectivity index (χ4n) is 11.7. The molecule has 0 atom stereocenters. The molecule has 0 unspecified atom stereocenters. The molecule has 15 aromatic rings. The fourth-order valence-corrected chi connectivity index (χ4v) is 11.7. The molecular weight excluding hydrogens is 973 g/mol. The van der Waals surface area contributed by atoms with Gasteiger partial charge in [-0.1, -0.05) is 158 Å². The Bertz CT molecular complexity index is 4300. The fraction of sp³-hybridized carbons (Fsp3) is 0. The number of nitrogens with zero attached hydrogens (tertiary/aromatic N) is 6. The largest absolute Gasteiger partial charge is 0.309 e. The maximum Gasteiger partial charge on any atom is 0.0709 e. The summed E-state index contributed by atoms with van der Waals surface area (Å²) < 4.78 is 4.86. The van der Waals surface area contributed by atoms with Gasteiger partial charge in [-0.2, -0.15) is 0 Å². The molecule has 6 heteroatoms. The molecular formula is C74H48N6. The van der Waals surface area contributed by atoms with E-state index in [-0.39, 0.29) is 0 Å². The maximum atomic E-state index is 5.04. The summed E-state index contributed by atoms with van der Waals surface area (Å²) in [6, 6.07) is 95.1. The standard InChI is InChI=1S/C74H48N6/c1-5-17-49(18-6-1)53-31-35-75-65(45-53)57-39-58(66-46-54(32-36-76-66)50-19-7-2-8-20-50)42-61(41-57)79-69-27-15-13-25-63(69)73-71(79)29-30-72-74(73)64-26-14-16-28-70(64)80(72)62-43-59(67-47-55(33-37-77-67)51-21-9-3-10-22-51)40-60(44-62)68-48-56(34-38-78-68)52-23-11-4-12-24-52/h1-48H. The summed E-state index contributed by atoms with van der Waals surface area (Å²) in [6.07, 6.45) is 7.67. The highest BCUT2D eigenvalue weighted by Gasteiger charge is 2.23. The zero-order valence-electron chi connectivity index (χ0n) is 43.4. The van der Waals surface area contributed by atoms with Gasteiger partial charge in [0.15, 0.2) is 0 Å². The molecule has 0 aliphatic rings. The van der Waals surface area contributed by atoms with E-state index in [1.165, 1.54) is 10.8 Å². The zero-order valence-corrected chi connectivity index (χ0v) is 43.4. The average molecular weight is 1020 g/mol. The van der Waals surface area contributed by atoms with Crippen LogP contribution < -0.4 is 0 Å². The van der Waals surface area contributed by atoms with E-state index < -0.39 is 0 Å². The van der Waals surface area contributed by atoms with E-state index >= 15 is 0 Å². The third-order valence-electron chi connectivity index (χ3n) is 15.5. The summed E-state index contributed by atoms with van der Waals surface area (Å²) in [6.45, 7) is 0. The number of rotatable bonds is 10. The molecule has 6 heterocycles. The molecule has 374 valence electrons. The molecule has 6 nitrogen and oxygen atoms in total. The molecule has 6 aromatic heterocycles. The summed E-state index contributed by atoms with van der Waals surface area (Å²) in [7, 11) is 0. The van der Waals surface area contributed by atoms with Crippen molar-refractivity contribution in [2.24, 2.45) is 0 Å². The average Bonchev–Trinajstić information content (AvgIpc) is 4.25. The van der Waals surface area contributed by atoms with Gasteiger partial charge in [-0.05, 0) is 154 Å². The van der Waals surface area contributed by atoms with Gasteiger partial charge in [-0.3, -0.25) is 19.9 Å². The van der Waals surface area contributed by atoms with Gasteiger partial charge in [0.25, 0.3) is 0 Å². The summed E-state index contributed by atoms with van der Waals surface area (Å²) >= 11 is 0. The predicted molar refractivity (Wildman–Crippen MR) is 330 cm³/mol. The van der Waals surface area contributed by atoms with Crippen LogP contribution in [-0.4, -0.2) is 29.1 Å². The SMILES string of the molecule is c1ccc(-c2ccnc(-c3cc(-c4cc(-c5ccccc5)ccn4)cc(-n4c5ccccc5c5c6c7ccccc7n(-c7cc(-c8cc(-c9ccccc9)ccn8)cc(-c8cc(-c9ccccc9)ccn8)c7)c6ccc54)c3)c2)cc1. The molecule has 9 aromatic carbocycles. The molecule has 0 fully saturated rings. The van der Waals surface area contributed by atoms with E-state index in [0.29, 0.717) is 0 Å². The summed E-state index contributed by atoms with van der Waals surface area (Å²) in [4.78, 5) is 20.1. The van der Waals surface area contributed by atoms with Crippen molar-refractivity contribution in [2.75, 3.05) is 0 Å². The summed E-state index contributed by atoms with van der Waals surface area (Å²) in [5, 5.41) is 4.68. The van der Waals surface area contributed by atoms with Crippen molar-refractivity contribution in [3.05, 3.63) is 292 Å². The van der Waals surface area contributed by atoms with E-state index in [0.717, 1.165) is 134 Å². The Hall–Kier alpha value is -10.8. The van der Waals surface area contributed by atoms with Gasteiger partial charge < -0.3 is 9.13 Å². The number of aromatic nitrogens is 6. The minimum Gasteiger partial charge on any atom is -0.309 e. The highest BCUT2D eigenvalue weighted by atomic mass is 15.0. The smallest absolute Gasteiger partial charge is 0.0709 e. The number of hydrogen-bond donors (Lipinski definition) is 0. The Labute approximate surface area is 462 Å². The lowest BCUT2D eigenvalue weighted by Crippen LogP contribution is -1.98. The monoisotopic (exact) mass is 1020 g/mol. The Morgan fingerprint density at radius 3 is 0.775 bits per heavy atom. The molecule has 0 aliphatic heterocycles. The molecule has 80 heavy (non-hydrogen) atoms. The quantitative estimate of drug-likeness (QED) is 0.137. The van der Waals surface area contributed by atoms with Crippen LogP contribution in [0.5, 0.6) is 0 Å². The summed E-state index contributed by atoms with van der Waals surface area (Å²) in [5.74, 6) is 0. The van der Waals surface area contributed by atoms with Crippen LogP contribution in [-0.2, 0) is 0 Å². The van der Waals surface area contributed by atoms with Crippen molar-refractivity contribution in [3.63, 3.8) is 0 Å². The highest BCUT2D eigenvalue weighted by molar-refractivity contribution is 6.29. The third-order valence-corrected chi connectivity index (χ3v) is 15.5. The van der Waals surface area contributed by atoms with Gasteiger partial charge in [0.1, 0.15) is 0 Å². The lowest BCUT2D eigenvalue weighted by Gasteiger charge is -2.15. The molecule has 0 N–H and O–H groups in total. The number of benzene rings is 9. The van der Waals surface area contributed by atoms with Crippen LogP contribution in [0.1, 0.15) is 0 Å². The molecule has 0 saturated heterocycles. The van der Waals surface area contributed by atoms with Crippen molar-refractivity contribution in [1.82, 2.24) is 29.1 Å². The van der Waals surface area contributed by atoms with Gasteiger partial charge in [-0.25, -0.2) is 0 Å². The topological polar surface area (TPSA) is 61.4 Å². The Morgan fingerprint density at radius 1 is 0.200 bits per heavy atom. The Morgan fingerprint density at radius 2 is 0.475 bits per heavy atom. The first-order chi connectivity index (χ1) is 39.6. The van der Waals surface area contributed by atoms with Crippen LogP contribution in [0.3, 0.4) is 0 Å². The molecule has 0 saturated carbocycles. The molecule has 0 spiro atoms. The number of pyridine rings is 4. The molecule has 0 radical (unpaired) electrons. The van der Waals surface area contributed by atoms with Gasteiger partial charge in [0, 0.05) is 80.0 Å². The van der Waals surface area contributed by atoms with Crippen LogP contribution in [0.25, 0.3) is 145 Å². The number of para-hydroxylation sites is 2. The second-order valence-corrected chi connectivity index (χ2v) is 20.3. The van der Waals surface area contributed by atoms with Crippen molar-refractivity contribution < 1.29 is 0 Å². The minimum absolute atomic E-state index is 0.880. The lowest BCUT2D eigenvalue weighted by atomic mass is 9.99. The van der Waals surface area contributed by atoms with Crippen LogP contribution in [0.2, 0.25) is 0 Å². The Kier molecular flexibility index (Phi) is 11.4. The van der Waals surface area contributed by atoms with Crippen LogP contribution in [0.4, 0.5) is 0 Å². The molecule has 0 bridgehead atoms. The van der Waals surface area contributed by atoms with Crippen LogP contribution in [0, 0.1) is 0 Å². The number of hydrogen-bond acceptors (Lipinski definition) is 4. The lowest BCUT2D eigenvalue weighted by molar-refractivity contribution is 1.17. The second-order valence-electron chi connectivity index (χ2n) is 20.3. The summed E-state index contributed by atoms with van der Waals surface area (Å²) in [5.41, 5.74) is 22.9. The third kappa shape index (κ3) is 8.31. The first-order valence-electron chi connectivity index (χ1n) is 27.0. The van der Waals surface area contributed by atoms with Gasteiger partial charge in [0.2, 0.25) is 0 Å². The van der Waals surface area contributed by atoms with Gasteiger partial charge in [-0.15, -0.1) is 0 Å². The van der Waals surface area contributed by atoms with Crippen molar-refractivity contribution in [1.29, 1.82) is 0 Å². The first-order valence-corrected chi connectivity index (χ1v) is 27.0. The molecule has 0 amide bonds. The molecule has 15 rings (SSSR count). The van der Waals surface area contributed by atoms with E-state index in [4.69, 9.17) is 19.9 Å². The predicted octanol–water partition coefficient (Wildman–Crippen LogP) is 18.8. The van der Waals surface area contributed by atoms with Gasteiger partial charge >= 0.3 is 0 Å². The zero-order chi connectivity index (χ0) is 52.9. The number of fused-ring (bicyclic) bond motifs is 7.